The zero-order chi connectivity index (χ0) is 14.6. The van der Waals surface area contributed by atoms with Crippen LogP contribution in [0.5, 0.6) is 0 Å². The SMILES string of the molecule is COCC1CCCN(C2(CN)CCCC(C)(C)CC2)C1. The van der Waals surface area contributed by atoms with Crippen molar-refractivity contribution in [2.45, 2.75) is 64.3 Å². The minimum atomic E-state index is 0.264. The molecule has 0 bridgehead atoms. The van der Waals surface area contributed by atoms with Gasteiger partial charge in [0.2, 0.25) is 0 Å². The molecule has 20 heavy (non-hydrogen) atoms. The molecule has 2 rings (SSSR count). The predicted molar refractivity (Wildman–Crippen MR) is 84.8 cm³/mol. The first-order chi connectivity index (χ1) is 9.51. The maximum absolute atomic E-state index is 6.27. The van der Waals surface area contributed by atoms with Crippen LogP contribution >= 0.6 is 0 Å². The summed E-state index contributed by atoms with van der Waals surface area (Å²) >= 11 is 0. The fourth-order valence-electron chi connectivity index (χ4n) is 4.23. The second-order valence-corrected chi connectivity index (χ2v) is 7.86. The van der Waals surface area contributed by atoms with Gasteiger partial charge < -0.3 is 10.5 Å². The van der Waals surface area contributed by atoms with Crippen LogP contribution in [0.3, 0.4) is 0 Å². The summed E-state index contributed by atoms with van der Waals surface area (Å²) in [6.45, 7) is 8.99. The van der Waals surface area contributed by atoms with Gasteiger partial charge in [0, 0.05) is 25.7 Å². The van der Waals surface area contributed by atoms with Crippen molar-refractivity contribution in [1.82, 2.24) is 4.90 Å². The fraction of sp³-hybridized carbons (Fsp3) is 1.00. The summed E-state index contributed by atoms with van der Waals surface area (Å²) in [5.74, 6) is 0.702. The summed E-state index contributed by atoms with van der Waals surface area (Å²) in [4.78, 5) is 2.72. The lowest BCUT2D eigenvalue weighted by molar-refractivity contribution is 0.0125. The average Bonchev–Trinajstić information content (AvgIpc) is 2.59. The van der Waals surface area contributed by atoms with Crippen LogP contribution in [0.2, 0.25) is 0 Å². The Bertz CT molecular complexity index is 303. The molecule has 3 nitrogen and oxygen atoms in total. The first-order valence-corrected chi connectivity index (χ1v) is 8.45. The largest absolute Gasteiger partial charge is 0.384 e. The maximum atomic E-state index is 6.27. The molecule has 0 aromatic rings. The Morgan fingerprint density at radius 1 is 1.15 bits per heavy atom. The Balaban J connectivity index is 2.05. The van der Waals surface area contributed by atoms with E-state index in [1.54, 1.807) is 0 Å². The summed E-state index contributed by atoms with van der Waals surface area (Å²) < 4.78 is 5.38. The standard InChI is InChI=1S/C17H34N2O/c1-16(2)7-5-8-17(14-18,10-9-16)19-11-4-6-15(12-19)13-20-3/h15H,4-14,18H2,1-3H3. The Morgan fingerprint density at radius 3 is 2.65 bits per heavy atom. The van der Waals surface area contributed by atoms with E-state index in [0.29, 0.717) is 11.3 Å². The minimum Gasteiger partial charge on any atom is -0.384 e. The van der Waals surface area contributed by atoms with Crippen molar-refractivity contribution in [2.75, 3.05) is 33.4 Å². The zero-order valence-corrected chi connectivity index (χ0v) is 13.8. The van der Waals surface area contributed by atoms with E-state index >= 15 is 0 Å². The van der Waals surface area contributed by atoms with Crippen molar-refractivity contribution in [3.8, 4) is 0 Å². The summed E-state index contributed by atoms with van der Waals surface area (Å²) in [7, 11) is 1.83. The molecule has 2 aliphatic rings. The Kier molecular flexibility index (Phi) is 5.49. The lowest BCUT2D eigenvalue weighted by Gasteiger charge is -2.47. The third kappa shape index (κ3) is 3.75. The van der Waals surface area contributed by atoms with Crippen molar-refractivity contribution in [3.63, 3.8) is 0 Å². The summed E-state index contributed by atoms with van der Waals surface area (Å²) in [6.07, 6.45) is 9.17. The number of rotatable bonds is 4. The van der Waals surface area contributed by atoms with E-state index in [9.17, 15) is 0 Å². The first kappa shape index (κ1) is 16.3. The molecule has 0 spiro atoms. The third-order valence-corrected chi connectivity index (χ3v) is 5.73. The molecule has 0 amide bonds. The van der Waals surface area contributed by atoms with Crippen molar-refractivity contribution >= 4 is 0 Å². The van der Waals surface area contributed by atoms with E-state index in [1.807, 2.05) is 7.11 Å². The Hall–Kier alpha value is -0.120. The molecule has 0 radical (unpaired) electrons. The van der Waals surface area contributed by atoms with Crippen LogP contribution in [-0.2, 0) is 4.74 Å². The van der Waals surface area contributed by atoms with Crippen LogP contribution in [-0.4, -0.2) is 43.8 Å². The van der Waals surface area contributed by atoms with E-state index in [4.69, 9.17) is 10.5 Å². The second kappa shape index (κ2) is 6.76. The molecule has 0 aromatic heterocycles. The molecule has 0 aromatic carbocycles. The van der Waals surface area contributed by atoms with Crippen LogP contribution in [0, 0.1) is 11.3 Å². The highest BCUT2D eigenvalue weighted by molar-refractivity contribution is 4.97. The molecular weight excluding hydrogens is 248 g/mol. The molecule has 1 aliphatic heterocycles. The molecule has 1 saturated carbocycles. The molecule has 118 valence electrons. The number of methoxy groups -OCH3 is 1. The highest BCUT2D eigenvalue weighted by atomic mass is 16.5. The summed E-state index contributed by atoms with van der Waals surface area (Å²) in [5.41, 5.74) is 7.04. The number of nitrogens with two attached hydrogens (primary N) is 1. The highest BCUT2D eigenvalue weighted by Crippen LogP contribution is 2.41. The summed E-state index contributed by atoms with van der Waals surface area (Å²) in [6, 6.07) is 0. The number of hydrogen-bond acceptors (Lipinski definition) is 3. The molecule has 1 aliphatic carbocycles. The van der Waals surface area contributed by atoms with E-state index < -0.39 is 0 Å². The second-order valence-electron chi connectivity index (χ2n) is 7.86. The van der Waals surface area contributed by atoms with E-state index in [-0.39, 0.29) is 5.54 Å². The smallest absolute Gasteiger partial charge is 0.0502 e. The predicted octanol–water partition coefficient (Wildman–Crippen LogP) is 3.03. The van der Waals surface area contributed by atoms with Crippen LogP contribution in [0.15, 0.2) is 0 Å². The number of hydrogen-bond donors (Lipinski definition) is 1. The normalized spacial score (nSPS) is 35.7. The summed E-state index contributed by atoms with van der Waals surface area (Å²) in [5, 5.41) is 0. The maximum Gasteiger partial charge on any atom is 0.0502 e. The Morgan fingerprint density at radius 2 is 1.95 bits per heavy atom. The Labute approximate surface area is 125 Å². The van der Waals surface area contributed by atoms with Gasteiger partial charge in [-0.2, -0.15) is 0 Å². The van der Waals surface area contributed by atoms with Gasteiger partial charge in [0.25, 0.3) is 0 Å². The van der Waals surface area contributed by atoms with Crippen molar-refractivity contribution in [2.24, 2.45) is 17.1 Å². The van der Waals surface area contributed by atoms with Crippen LogP contribution in [0.25, 0.3) is 0 Å². The van der Waals surface area contributed by atoms with Crippen molar-refractivity contribution in [3.05, 3.63) is 0 Å². The van der Waals surface area contributed by atoms with Crippen molar-refractivity contribution in [1.29, 1.82) is 0 Å². The van der Waals surface area contributed by atoms with Crippen molar-refractivity contribution < 1.29 is 4.74 Å². The zero-order valence-electron chi connectivity index (χ0n) is 13.8. The van der Waals surface area contributed by atoms with Gasteiger partial charge in [0.1, 0.15) is 0 Å². The molecule has 1 heterocycles. The van der Waals surface area contributed by atoms with Crippen LogP contribution < -0.4 is 5.73 Å². The number of nitrogens with zero attached hydrogens (tertiary/aromatic N) is 1. The molecule has 1 saturated heterocycles. The molecule has 2 unspecified atom stereocenters. The fourth-order valence-corrected chi connectivity index (χ4v) is 4.23. The number of likely N-dealkylation sites (tertiary alicyclic amines) is 1. The molecule has 2 N–H and O–H groups in total. The van der Waals surface area contributed by atoms with Gasteiger partial charge in [-0.25, -0.2) is 0 Å². The highest BCUT2D eigenvalue weighted by Gasteiger charge is 2.40. The van der Waals surface area contributed by atoms with Gasteiger partial charge in [0.05, 0.1) is 6.61 Å². The molecule has 3 heteroatoms. The van der Waals surface area contributed by atoms with Gasteiger partial charge in [-0.1, -0.05) is 20.3 Å². The lowest BCUT2D eigenvalue weighted by Crippen LogP contribution is -2.57. The monoisotopic (exact) mass is 282 g/mol. The first-order valence-electron chi connectivity index (χ1n) is 8.45. The van der Waals surface area contributed by atoms with Crippen LogP contribution in [0.1, 0.15) is 58.8 Å². The van der Waals surface area contributed by atoms with Crippen LogP contribution in [0.4, 0.5) is 0 Å². The van der Waals surface area contributed by atoms with Gasteiger partial charge in [-0.3, -0.25) is 4.90 Å². The average molecular weight is 282 g/mol. The topological polar surface area (TPSA) is 38.5 Å². The van der Waals surface area contributed by atoms with Gasteiger partial charge >= 0.3 is 0 Å². The molecule has 2 fully saturated rings. The lowest BCUT2D eigenvalue weighted by atomic mass is 9.81. The van der Waals surface area contributed by atoms with E-state index in [2.05, 4.69) is 18.7 Å². The third-order valence-electron chi connectivity index (χ3n) is 5.73. The molecule has 2 atom stereocenters. The number of piperidine rings is 1. The minimum absolute atomic E-state index is 0.264. The van der Waals surface area contributed by atoms with Gasteiger partial charge in [-0.15, -0.1) is 0 Å². The van der Waals surface area contributed by atoms with E-state index in [0.717, 1.165) is 13.2 Å². The van der Waals surface area contributed by atoms with Gasteiger partial charge in [-0.05, 0) is 56.4 Å². The number of ether oxygens (including phenoxy) is 1. The van der Waals surface area contributed by atoms with E-state index in [1.165, 1.54) is 58.0 Å². The molecular formula is C17H34N2O. The van der Waals surface area contributed by atoms with Gasteiger partial charge in [0.15, 0.2) is 0 Å². The quantitative estimate of drug-likeness (QED) is 0.806.